The summed E-state index contributed by atoms with van der Waals surface area (Å²) in [5, 5.41) is 0. The molecule has 0 aliphatic carbocycles. The summed E-state index contributed by atoms with van der Waals surface area (Å²) in [6.45, 7) is 8.16. The van der Waals surface area contributed by atoms with Crippen molar-refractivity contribution in [2.75, 3.05) is 64.4 Å². The molecule has 11 heteroatoms. The van der Waals surface area contributed by atoms with Crippen molar-refractivity contribution < 1.29 is 25.6 Å². The van der Waals surface area contributed by atoms with E-state index in [-0.39, 0.29) is 16.6 Å². The lowest BCUT2D eigenvalue weighted by atomic mass is 9.87. The average molecular weight is 598 g/mol. The lowest BCUT2D eigenvalue weighted by molar-refractivity contribution is 0.177. The molecule has 2 saturated heterocycles. The van der Waals surface area contributed by atoms with Gasteiger partial charge in [-0.1, -0.05) is 19.1 Å². The van der Waals surface area contributed by atoms with Crippen LogP contribution in [0.5, 0.6) is 0 Å². The van der Waals surface area contributed by atoms with Crippen LogP contribution >= 0.6 is 0 Å². The van der Waals surface area contributed by atoms with Gasteiger partial charge in [-0.2, -0.15) is 4.31 Å². The highest BCUT2D eigenvalue weighted by Gasteiger charge is 2.28. The number of piperidine rings is 1. The summed E-state index contributed by atoms with van der Waals surface area (Å²) in [6.07, 6.45) is 4.27. The fraction of sp³-hybridized carbons (Fsp3) is 0.586. The zero-order valence-corrected chi connectivity index (χ0v) is 25.1. The maximum absolute atomic E-state index is 14.1. The normalized spacial score (nSPS) is 19.6. The summed E-state index contributed by atoms with van der Waals surface area (Å²) >= 11 is 0. The first-order valence-corrected chi connectivity index (χ1v) is 17.6. The zero-order chi connectivity index (χ0) is 28.9. The summed E-state index contributed by atoms with van der Waals surface area (Å²) in [4.78, 5) is 4.79. The van der Waals surface area contributed by atoms with Crippen molar-refractivity contribution >= 4 is 19.9 Å². The van der Waals surface area contributed by atoms with Crippen LogP contribution in [0.1, 0.15) is 49.7 Å². The Bertz CT molecular complexity index is 1320. The van der Waals surface area contributed by atoms with Crippen molar-refractivity contribution in [3.63, 3.8) is 0 Å². The van der Waals surface area contributed by atoms with E-state index in [4.69, 9.17) is 0 Å². The number of nitrogens with zero attached hydrogens (tertiary/aromatic N) is 3. The maximum Gasteiger partial charge on any atom is 0.214 e. The molecule has 2 aliphatic heterocycles. The number of sulfonamides is 1. The number of piperazine rings is 1. The van der Waals surface area contributed by atoms with E-state index in [1.165, 1.54) is 24.3 Å². The van der Waals surface area contributed by atoms with Crippen molar-refractivity contribution in [3.8, 4) is 0 Å². The number of hydrogen-bond donors (Lipinski definition) is 0. The van der Waals surface area contributed by atoms with Gasteiger partial charge >= 0.3 is 0 Å². The van der Waals surface area contributed by atoms with Crippen LogP contribution < -0.4 is 0 Å². The van der Waals surface area contributed by atoms with Gasteiger partial charge in [0.15, 0.2) is 9.84 Å². The molecule has 7 nitrogen and oxygen atoms in total. The van der Waals surface area contributed by atoms with Gasteiger partial charge in [-0.3, -0.25) is 0 Å². The predicted molar refractivity (Wildman–Crippen MR) is 154 cm³/mol. The Balaban J connectivity index is 1.33. The number of sulfone groups is 1. The van der Waals surface area contributed by atoms with Crippen LogP contribution in [0.15, 0.2) is 47.4 Å². The summed E-state index contributed by atoms with van der Waals surface area (Å²) in [5.41, 5.74) is 1.32. The van der Waals surface area contributed by atoms with E-state index >= 15 is 0 Å². The highest BCUT2D eigenvalue weighted by molar-refractivity contribution is 7.90. The average Bonchev–Trinajstić information content (AvgIpc) is 2.92. The highest BCUT2D eigenvalue weighted by Crippen LogP contribution is 2.31. The topological polar surface area (TPSA) is 78.0 Å². The van der Waals surface area contributed by atoms with Gasteiger partial charge in [-0.15, -0.1) is 0 Å². The summed E-state index contributed by atoms with van der Waals surface area (Å²) in [7, 11) is -6.59. The van der Waals surface area contributed by atoms with E-state index in [1.807, 2.05) is 0 Å². The fourth-order valence-electron chi connectivity index (χ4n) is 5.83. The van der Waals surface area contributed by atoms with Gasteiger partial charge < -0.3 is 9.80 Å². The van der Waals surface area contributed by atoms with Crippen LogP contribution in [0, 0.1) is 17.6 Å². The zero-order valence-electron chi connectivity index (χ0n) is 23.4. The Morgan fingerprint density at radius 1 is 0.825 bits per heavy atom. The number of hydrogen-bond acceptors (Lipinski definition) is 6. The quantitative estimate of drug-likeness (QED) is 0.390. The first-order valence-electron chi connectivity index (χ1n) is 14.1. The van der Waals surface area contributed by atoms with Crippen LogP contribution in [-0.4, -0.2) is 95.3 Å². The molecule has 0 aromatic heterocycles. The fourth-order valence-corrected chi connectivity index (χ4v) is 8.07. The Morgan fingerprint density at radius 3 is 1.98 bits per heavy atom. The number of likely N-dealkylation sites (N-methyl/N-ethyl adjacent to an activating group) is 1. The maximum atomic E-state index is 14.1. The van der Waals surface area contributed by atoms with E-state index in [0.717, 1.165) is 63.5 Å². The lowest BCUT2D eigenvalue weighted by Crippen LogP contribution is -2.49. The van der Waals surface area contributed by atoms with Gasteiger partial charge in [-0.25, -0.2) is 25.6 Å². The first-order chi connectivity index (χ1) is 18.9. The van der Waals surface area contributed by atoms with Crippen LogP contribution in [-0.2, 0) is 19.9 Å². The molecular weight excluding hydrogens is 556 g/mol. The molecule has 0 N–H and O–H groups in total. The first kappa shape index (κ1) is 31.0. The lowest BCUT2D eigenvalue weighted by Gasteiger charge is -2.35. The Morgan fingerprint density at radius 2 is 1.43 bits per heavy atom. The smallest absolute Gasteiger partial charge is 0.214 e. The van der Waals surface area contributed by atoms with Gasteiger partial charge in [0.05, 0.1) is 10.6 Å². The largest absolute Gasteiger partial charge is 0.303 e. The molecule has 222 valence electrons. The number of rotatable bonds is 11. The van der Waals surface area contributed by atoms with E-state index in [0.29, 0.717) is 44.0 Å². The molecule has 0 bridgehead atoms. The van der Waals surface area contributed by atoms with Crippen molar-refractivity contribution in [2.45, 2.75) is 43.4 Å². The third-order valence-electron chi connectivity index (χ3n) is 8.39. The molecule has 2 aromatic carbocycles. The minimum absolute atomic E-state index is 0.195. The summed E-state index contributed by atoms with van der Waals surface area (Å²) in [6, 6.07) is 10.0. The van der Waals surface area contributed by atoms with Crippen LogP contribution in [0.2, 0.25) is 0 Å². The molecular formula is C29H41F2N3O4S2. The third-order valence-corrected chi connectivity index (χ3v) is 11.4. The second kappa shape index (κ2) is 13.4. The molecule has 2 aromatic rings. The van der Waals surface area contributed by atoms with Gasteiger partial charge in [0.2, 0.25) is 10.0 Å². The molecule has 2 fully saturated rings. The molecule has 0 unspecified atom stereocenters. The summed E-state index contributed by atoms with van der Waals surface area (Å²) in [5.74, 6) is -1.03. The highest BCUT2D eigenvalue weighted by atomic mass is 32.2. The van der Waals surface area contributed by atoms with Gasteiger partial charge in [0.25, 0.3) is 0 Å². The van der Waals surface area contributed by atoms with Gasteiger partial charge in [-0.05, 0) is 93.2 Å². The van der Waals surface area contributed by atoms with E-state index in [2.05, 4.69) is 16.7 Å². The minimum atomic E-state index is -3.35. The Hall–Kier alpha value is -1.92. The second-order valence-corrected chi connectivity index (χ2v) is 15.2. The van der Waals surface area contributed by atoms with E-state index < -0.39 is 31.5 Å². The minimum Gasteiger partial charge on any atom is -0.303 e. The van der Waals surface area contributed by atoms with Crippen molar-refractivity contribution in [2.24, 2.45) is 5.92 Å². The van der Waals surface area contributed by atoms with Crippen LogP contribution in [0.4, 0.5) is 8.78 Å². The predicted octanol–water partition coefficient (Wildman–Crippen LogP) is 3.96. The van der Waals surface area contributed by atoms with Crippen molar-refractivity contribution in [1.82, 2.24) is 14.1 Å². The van der Waals surface area contributed by atoms with E-state index in [1.54, 1.807) is 16.4 Å². The van der Waals surface area contributed by atoms with Gasteiger partial charge in [0.1, 0.15) is 11.6 Å². The standard InChI is InChI=1S/C29H41F2N3O4S2/c1-3-32-15-17-34(18-16-32)40(37,38)19-11-23-8-12-33(13-9-23)14-10-29(25-20-26(30)22-27(31)21-25)24-4-6-28(7-5-24)39(2,35)36/h4-7,20-23,29H,3,8-19H2,1-2H3/t29-/m1/s1. The molecule has 4 rings (SSSR count). The van der Waals surface area contributed by atoms with Crippen LogP contribution in [0.3, 0.4) is 0 Å². The Labute approximate surface area is 238 Å². The molecule has 0 radical (unpaired) electrons. The monoisotopic (exact) mass is 597 g/mol. The molecule has 40 heavy (non-hydrogen) atoms. The molecule has 0 saturated carbocycles. The number of benzene rings is 2. The Kier molecular flexibility index (Phi) is 10.4. The summed E-state index contributed by atoms with van der Waals surface area (Å²) < 4.78 is 79.4. The van der Waals surface area contributed by atoms with Gasteiger partial charge in [0, 0.05) is 44.4 Å². The number of likely N-dealkylation sites (tertiary alicyclic amines) is 1. The van der Waals surface area contributed by atoms with Crippen molar-refractivity contribution in [3.05, 3.63) is 65.2 Å². The SMILES string of the molecule is CCN1CCN(S(=O)(=O)CCC2CCN(CC[C@H](c3ccc(S(C)(=O)=O)cc3)c3cc(F)cc(F)c3)CC2)CC1. The molecule has 1 atom stereocenters. The molecule has 0 spiro atoms. The second-order valence-electron chi connectivity index (χ2n) is 11.1. The molecule has 2 aliphatic rings. The number of halogens is 2. The third kappa shape index (κ3) is 8.31. The van der Waals surface area contributed by atoms with Crippen LogP contribution in [0.25, 0.3) is 0 Å². The molecule has 2 heterocycles. The van der Waals surface area contributed by atoms with Crippen molar-refractivity contribution in [1.29, 1.82) is 0 Å². The van der Waals surface area contributed by atoms with E-state index in [9.17, 15) is 25.6 Å². The molecule has 0 amide bonds.